The van der Waals surface area contributed by atoms with Gasteiger partial charge < -0.3 is 10.1 Å². The molecule has 0 aromatic heterocycles. The number of anilines is 1. The van der Waals surface area contributed by atoms with Crippen LogP contribution in [-0.4, -0.2) is 18.8 Å². The van der Waals surface area contributed by atoms with E-state index < -0.39 is 0 Å². The zero-order valence-electron chi connectivity index (χ0n) is 11.2. The monoisotopic (exact) mass is 311 g/mol. The van der Waals surface area contributed by atoms with Gasteiger partial charge in [0.1, 0.15) is 0 Å². The molecule has 0 aliphatic carbocycles. The Balaban J connectivity index is 1.98. The predicted octanol–water partition coefficient (Wildman–Crippen LogP) is 4.52. The second-order valence-electron chi connectivity index (χ2n) is 5.06. The Morgan fingerprint density at radius 1 is 1.44 bits per heavy atom. The molecule has 100 valence electrons. The number of halogens is 1. The lowest BCUT2D eigenvalue weighted by Crippen LogP contribution is -2.34. The van der Waals surface area contributed by atoms with E-state index in [0.29, 0.717) is 12.1 Å². The normalized spacial score (nSPS) is 23.9. The summed E-state index contributed by atoms with van der Waals surface area (Å²) >= 11 is 3.58. The second-order valence-corrected chi connectivity index (χ2v) is 5.91. The third kappa shape index (κ3) is 3.48. The lowest BCUT2D eigenvalue weighted by Gasteiger charge is -2.31. The number of hydrogen-bond donors (Lipinski definition) is 1. The lowest BCUT2D eigenvalue weighted by atomic mass is 9.99. The van der Waals surface area contributed by atoms with E-state index in [1.54, 1.807) is 0 Å². The van der Waals surface area contributed by atoms with Crippen molar-refractivity contribution >= 4 is 21.6 Å². The van der Waals surface area contributed by atoms with Gasteiger partial charge in [0, 0.05) is 22.8 Å². The molecule has 0 radical (unpaired) electrons. The third-order valence-corrected chi connectivity index (χ3v) is 4.46. The molecule has 2 unspecified atom stereocenters. The third-order valence-electron chi connectivity index (χ3n) is 3.61. The molecule has 1 aliphatic heterocycles. The van der Waals surface area contributed by atoms with Crippen LogP contribution in [0.25, 0.3) is 0 Å². The van der Waals surface area contributed by atoms with Crippen molar-refractivity contribution in [2.24, 2.45) is 0 Å². The highest BCUT2D eigenvalue weighted by Crippen LogP contribution is 2.27. The van der Waals surface area contributed by atoms with E-state index in [-0.39, 0.29) is 0 Å². The van der Waals surface area contributed by atoms with Crippen LogP contribution in [0.5, 0.6) is 0 Å². The average molecular weight is 312 g/mol. The van der Waals surface area contributed by atoms with Crippen molar-refractivity contribution in [3.05, 3.63) is 28.2 Å². The van der Waals surface area contributed by atoms with Gasteiger partial charge in [0.25, 0.3) is 0 Å². The molecule has 1 aromatic carbocycles. The number of benzene rings is 1. The number of hydrogen-bond acceptors (Lipinski definition) is 2. The Kier molecular flexibility index (Phi) is 5.07. The Morgan fingerprint density at radius 2 is 2.28 bits per heavy atom. The molecule has 2 rings (SSSR count). The van der Waals surface area contributed by atoms with Gasteiger partial charge in [-0.1, -0.05) is 35.3 Å². The van der Waals surface area contributed by atoms with Gasteiger partial charge >= 0.3 is 0 Å². The molecule has 2 atom stereocenters. The minimum Gasteiger partial charge on any atom is -0.382 e. The Bertz CT molecular complexity index is 392. The Hall–Kier alpha value is -0.540. The molecule has 2 nitrogen and oxygen atoms in total. The fourth-order valence-electron chi connectivity index (χ4n) is 2.52. The van der Waals surface area contributed by atoms with Gasteiger partial charge in [-0.05, 0) is 43.9 Å². The first-order valence-corrected chi connectivity index (χ1v) is 7.63. The fourth-order valence-corrected chi connectivity index (χ4v) is 2.88. The lowest BCUT2D eigenvalue weighted by molar-refractivity contribution is 0.00597. The predicted molar refractivity (Wildman–Crippen MR) is 80.2 cm³/mol. The van der Waals surface area contributed by atoms with E-state index in [9.17, 15) is 0 Å². The smallest absolute Gasteiger partial charge is 0.0594 e. The molecule has 1 aliphatic rings. The molecular formula is C15H22BrNO. The van der Waals surface area contributed by atoms with Crippen LogP contribution in [0.2, 0.25) is 0 Å². The standard InChI is InChI=1S/C15H22BrNO/c1-3-5-13-10-12(8-9-18-13)17-15-7-4-6-14(16)11(15)2/h4,6-7,12-13,17H,3,5,8-10H2,1-2H3. The molecule has 1 saturated heterocycles. The highest BCUT2D eigenvalue weighted by atomic mass is 79.9. The quantitative estimate of drug-likeness (QED) is 0.883. The van der Waals surface area contributed by atoms with Crippen molar-refractivity contribution in [1.82, 2.24) is 0 Å². The first kappa shape index (κ1) is 13.9. The SMILES string of the molecule is CCCC1CC(Nc2cccc(Br)c2C)CCO1. The number of ether oxygens (including phenoxy) is 1. The van der Waals surface area contributed by atoms with E-state index >= 15 is 0 Å². The molecule has 0 saturated carbocycles. The maximum absolute atomic E-state index is 5.79. The van der Waals surface area contributed by atoms with Gasteiger partial charge in [-0.25, -0.2) is 0 Å². The summed E-state index contributed by atoms with van der Waals surface area (Å²) in [5.41, 5.74) is 2.53. The summed E-state index contributed by atoms with van der Waals surface area (Å²) in [6.45, 7) is 5.25. The summed E-state index contributed by atoms with van der Waals surface area (Å²) in [5, 5.41) is 3.67. The summed E-state index contributed by atoms with van der Waals surface area (Å²) in [4.78, 5) is 0. The van der Waals surface area contributed by atoms with Crippen LogP contribution in [0, 0.1) is 6.92 Å². The molecule has 1 N–H and O–H groups in total. The molecule has 0 amide bonds. The molecule has 0 bridgehead atoms. The zero-order valence-corrected chi connectivity index (χ0v) is 12.8. The minimum absolute atomic E-state index is 0.439. The molecule has 1 heterocycles. The van der Waals surface area contributed by atoms with Crippen molar-refractivity contribution in [2.45, 2.75) is 51.7 Å². The molecule has 18 heavy (non-hydrogen) atoms. The van der Waals surface area contributed by atoms with Gasteiger partial charge in [0.2, 0.25) is 0 Å². The highest BCUT2D eigenvalue weighted by Gasteiger charge is 2.22. The van der Waals surface area contributed by atoms with Crippen LogP contribution >= 0.6 is 15.9 Å². The van der Waals surface area contributed by atoms with Gasteiger partial charge in [-0.15, -0.1) is 0 Å². The topological polar surface area (TPSA) is 21.3 Å². The largest absolute Gasteiger partial charge is 0.382 e. The van der Waals surface area contributed by atoms with E-state index in [4.69, 9.17) is 4.74 Å². The minimum atomic E-state index is 0.439. The van der Waals surface area contributed by atoms with Crippen LogP contribution in [0.4, 0.5) is 5.69 Å². The zero-order chi connectivity index (χ0) is 13.0. The van der Waals surface area contributed by atoms with E-state index in [1.165, 1.54) is 28.6 Å². The van der Waals surface area contributed by atoms with E-state index in [0.717, 1.165) is 19.4 Å². The van der Waals surface area contributed by atoms with Crippen LogP contribution in [0.1, 0.15) is 38.2 Å². The van der Waals surface area contributed by atoms with Gasteiger partial charge in [0.05, 0.1) is 6.10 Å². The van der Waals surface area contributed by atoms with Crippen molar-refractivity contribution in [1.29, 1.82) is 0 Å². The van der Waals surface area contributed by atoms with Crippen molar-refractivity contribution in [2.75, 3.05) is 11.9 Å². The van der Waals surface area contributed by atoms with Crippen LogP contribution in [-0.2, 0) is 4.74 Å². The second kappa shape index (κ2) is 6.58. The summed E-state index contributed by atoms with van der Waals surface area (Å²) in [6, 6.07) is 6.88. The summed E-state index contributed by atoms with van der Waals surface area (Å²) in [6.07, 6.45) is 5.04. The van der Waals surface area contributed by atoms with Crippen LogP contribution in [0.15, 0.2) is 22.7 Å². The first-order valence-electron chi connectivity index (χ1n) is 6.84. The number of rotatable bonds is 4. The van der Waals surface area contributed by atoms with Gasteiger partial charge in [0.15, 0.2) is 0 Å². The molecule has 0 spiro atoms. The van der Waals surface area contributed by atoms with Crippen molar-refractivity contribution < 1.29 is 4.74 Å². The Morgan fingerprint density at radius 3 is 3.06 bits per heavy atom. The maximum atomic E-state index is 5.79. The molecular weight excluding hydrogens is 290 g/mol. The number of nitrogens with one attached hydrogen (secondary N) is 1. The molecule has 1 fully saturated rings. The van der Waals surface area contributed by atoms with Gasteiger partial charge in [-0.2, -0.15) is 0 Å². The highest BCUT2D eigenvalue weighted by molar-refractivity contribution is 9.10. The van der Waals surface area contributed by atoms with Crippen LogP contribution in [0.3, 0.4) is 0 Å². The summed E-state index contributed by atoms with van der Waals surface area (Å²) < 4.78 is 6.96. The van der Waals surface area contributed by atoms with Crippen LogP contribution < -0.4 is 5.32 Å². The molecule has 1 aromatic rings. The summed E-state index contributed by atoms with van der Waals surface area (Å²) in [5.74, 6) is 0. The summed E-state index contributed by atoms with van der Waals surface area (Å²) in [7, 11) is 0. The molecule has 3 heteroatoms. The van der Waals surface area contributed by atoms with E-state index in [1.807, 2.05) is 0 Å². The Labute approximate surface area is 118 Å². The van der Waals surface area contributed by atoms with Gasteiger partial charge in [-0.3, -0.25) is 0 Å². The van der Waals surface area contributed by atoms with Crippen molar-refractivity contribution in [3.63, 3.8) is 0 Å². The van der Waals surface area contributed by atoms with E-state index in [2.05, 4.69) is 53.3 Å². The maximum Gasteiger partial charge on any atom is 0.0594 e. The fraction of sp³-hybridized carbons (Fsp3) is 0.600. The van der Waals surface area contributed by atoms with Crippen molar-refractivity contribution in [3.8, 4) is 0 Å². The average Bonchev–Trinajstić information content (AvgIpc) is 2.36. The first-order chi connectivity index (χ1) is 8.70.